The van der Waals surface area contributed by atoms with E-state index in [1.807, 2.05) is 30.3 Å². The van der Waals surface area contributed by atoms with Crippen LogP contribution in [-0.2, 0) is 11.2 Å². The maximum atomic E-state index is 13.5. The SMILES string of the molecule is CC(CNC(=O)[C@@H](N)Cc1ccccc1)Oc1ccccc1F. The number of hydrogen-bond acceptors (Lipinski definition) is 3. The van der Waals surface area contributed by atoms with Crippen molar-refractivity contribution in [1.82, 2.24) is 5.32 Å². The molecule has 4 nitrogen and oxygen atoms in total. The molecule has 23 heavy (non-hydrogen) atoms. The highest BCUT2D eigenvalue weighted by Gasteiger charge is 2.15. The van der Waals surface area contributed by atoms with Crippen molar-refractivity contribution in [3.05, 3.63) is 66.0 Å². The maximum Gasteiger partial charge on any atom is 0.237 e. The Labute approximate surface area is 135 Å². The summed E-state index contributed by atoms with van der Waals surface area (Å²) in [5.74, 6) is -0.507. The summed E-state index contributed by atoms with van der Waals surface area (Å²) < 4.78 is 18.9. The third kappa shape index (κ3) is 5.38. The zero-order chi connectivity index (χ0) is 16.7. The number of rotatable bonds is 7. The minimum atomic E-state index is -0.627. The van der Waals surface area contributed by atoms with Crippen molar-refractivity contribution >= 4 is 5.91 Å². The Morgan fingerprint density at radius 3 is 2.52 bits per heavy atom. The minimum Gasteiger partial charge on any atom is -0.486 e. The van der Waals surface area contributed by atoms with E-state index >= 15 is 0 Å². The lowest BCUT2D eigenvalue weighted by Gasteiger charge is -2.18. The first-order valence-electron chi connectivity index (χ1n) is 7.54. The zero-order valence-corrected chi connectivity index (χ0v) is 13.0. The highest BCUT2D eigenvalue weighted by molar-refractivity contribution is 5.81. The molecule has 0 aliphatic heterocycles. The van der Waals surface area contributed by atoms with E-state index in [1.54, 1.807) is 25.1 Å². The zero-order valence-electron chi connectivity index (χ0n) is 13.0. The van der Waals surface area contributed by atoms with E-state index in [9.17, 15) is 9.18 Å². The monoisotopic (exact) mass is 316 g/mol. The van der Waals surface area contributed by atoms with Gasteiger partial charge in [0.2, 0.25) is 5.91 Å². The molecule has 0 radical (unpaired) electrons. The van der Waals surface area contributed by atoms with Crippen LogP contribution in [0.4, 0.5) is 4.39 Å². The molecular formula is C18H21FN2O2. The average Bonchev–Trinajstić information content (AvgIpc) is 2.55. The van der Waals surface area contributed by atoms with Gasteiger partial charge in [-0.3, -0.25) is 4.79 Å². The van der Waals surface area contributed by atoms with Gasteiger partial charge in [-0.15, -0.1) is 0 Å². The number of halogens is 1. The Morgan fingerprint density at radius 2 is 1.83 bits per heavy atom. The van der Waals surface area contributed by atoms with Gasteiger partial charge in [0, 0.05) is 0 Å². The van der Waals surface area contributed by atoms with Crippen molar-refractivity contribution in [2.45, 2.75) is 25.5 Å². The number of nitrogens with one attached hydrogen (secondary N) is 1. The fraction of sp³-hybridized carbons (Fsp3) is 0.278. The summed E-state index contributed by atoms with van der Waals surface area (Å²) in [6.07, 6.45) is 0.106. The molecule has 0 aliphatic rings. The summed E-state index contributed by atoms with van der Waals surface area (Å²) in [5.41, 5.74) is 6.90. The molecule has 0 aliphatic carbocycles. The maximum absolute atomic E-state index is 13.5. The lowest BCUT2D eigenvalue weighted by atomic mass is 10.1. The van der Waals surface area contributed by atoms with Gasteiger partial charge >= 0.3 is 0 Å². The summed E-state index contributed by atoms with van der Waals surface area (Å²) in [4.78, 5) is 12.0. The molecule has 2 aromatic carbocycles. The summed E-state index contributed by atoms with van der Waals surface area (Å²) in [6, 6.07) is 15.1. The highest BCUT2D eigenvalue weighted by atomic mass is 19.1. The molecule has 0 aromatic heterocycles. The van der Waals surface area contributed by atoms with Gasteiger partial charge in [0.15, 0.2) is 11.6 Å². The van der Waals surface area contributed by atoms with Gasteiger partial charge in [-0.2, -0.15) is 0 Å². The average molecular weight is 316 g/mol. The number of para-hydroxylation sites is 1. The number of carbonyl (C=O) groups excluding carboxylic acids is 1. The molecule has 2 rings (SSSR count). The number of amides is 1. The molecule has 0 spiro atoms. The first-order valence-corrected chi connectivity index (χ1v) is 7.54. The molecule has 0 saturated carbocycles. The van der Waals surface area contributed by atoms with Crippen molar-refractivity contribution in [1.29, 1.82) is 0 Å². The fourth-order valence-electron chi connectivity index (χ4n) is 2.13. The molecule has 1 amide bonds. The molecule has 0 fully saturated rings. The Bertz CT molecular complexity index is 634. The molecule has 3 N–H and O–H groups in total. The first kappa shape index (κ1) is 17.0. The Kier molecular flexibility index (Phi) is 6.11. The molecule has 1 unspecified atom stereocenters. The van der Waals surface area contributed by atoms with E-state index in [2.05, 4.69) is 5.32 Å². The van der Waals surface area contributed by atoms with E-state index < -0.39 is 11.9 Å². The number of ether oxygens (including phenoxy) is 1. The first-order chi connectivity index (χ1) is 11.1. The third-order valence-corrected chi connectivity index (χ3v) is 3.36. The Morgan fingerprint density at radius 1 is 1.17 bits per heavy atom. The molecule has 0 heterocycles. The van der Waals surface area contributed by atoms with Crippen molar-refractivity contribution in [3.63, 3.8) is 0 Å². The Hall–Kier alpha value is -2.40. The van der Waals surface area contributed by atoms with Crippen LogP contribution in [0.15, 0.2) is 54.6 Å². The standard InChI is InChI=1S/C18H21FN2O2/c1-13(23-17-10-6-5-9-15(17)19)12-21-18(22)16(20)11-14-7-3-2-4-8-14/h2-10,13,16H,11-12,20H2,1H3,(H,21,22)/t13?,16-/m0/s1. The smallest absolute Gasteiger partial charge is 0.237 e. The number of benzene rings is 2. The van der Waals surface area contributed by atoms with Crippen LogP contribution in [0.25, 0.3) is 0 Å². The minimum absolute atomic E-state index is 0.169. The quantitative estimate of drug-likeness (QED) is 0.823. The van der Waals surface area contributed by atoms with E-state index in [4.69, 9.17) is 10.5 Å². The van der Waals surface area contributed by atoms with Crippen molar-refractivity contribution in [2.75, 3.05) is 6.54 Å². The lowest BCUT2D eigenvalue weighted by Crippen LogP contribution is -2.45. The van der Waals surface area contributed by atoms with Gasteiger partial charge in [0.25, 0.3) is 0 Å². The van der Waals surface area contributed by atoms with Gasteiger partial charge in [-0.1, -0.05) is 42.5 Å². The summed E-state index contributed by atoms with van der Waals surface area (Å²) >= 11 is 0. The van der Waals surface area contributed by atoms with Crippen molar-refractivity contribution < 1.29 is 13.9 Å². The third-order valence-electron chi connectivity index (χ3n) is 3.36. The molecule has 0 saturated heterocycles. The fourth-order valence-corrected chi connectivity index (χ4v) is 2.13. The molecule has 2 atom stereocenters. The van der Waals surface area contributed by atoms with Crippen molar-refractivity contribution in [2.24, 2.45) is 5.73 Å². The second-order valence-electron chi connectivity index (χ2n) is 5.40. The number of carbonyl (C=O) groups is 1. The Balaban J connectivity index is 1.78. The normalized spacial score (nSPS) is 13.2. The van der Waals surface area contributed by atoms with Gasteiger partial charge in [-0.25, -0.2) is 4.39 Å². The number of nitrogens with two attached hydrogens (primary N) is 1. The van der Waals surface area contributed by atoms with Crippen LogP contribution in [0.1, 0.15) is 12.5 Å². The van der Waals surface area contributed by atoms with Gasteiger partial charge in [0.1, 0.15) is 6.10 Å². The lowest BCUT2D eigenvalue weighted by molar-refractivity contribution is -0.122. The van der Waals surface area contributed by atoms with Crippen molar-refractivity contribution in [3.8, 4) is 5.75 Å². The molecule has 0 bridgehead atoms. The predicted octanol–water partition coefficient (Wildman–Crippen LogP) is 2.28. The van der Waals surface area contributed by atoms with Gasteiger partial charge < -0.3 is 15.8 Å². The summed E-state index contributed by atoms with van der Waals surface area (Å²) in [7, 11) is 0. The van der Waals surface area contributed by atoms with E-state index in [1.165, 1.54) is 6.07 Å². The molecule has 2 aromatic rings. The van der Waals surface area contributed by atoms with Gasteiger partial charge in [0.05, 0.1) is 12.6 Å². The summed E-state index contributed by atoms with van der Waals surface area (Å²) in [5, 5.41) is 2.73. The van der Waals surface area contributed by atoms with Crippen LogP contribution in [0.5, 0.6) is 5.75 Å². The largest absolute Gasteiger partial charge is 0.486 e. The van der Waals surface area contributed by atoms with Crippen LogP contribution < -0.4 is 15.8 Å². The molecule has 122 valence electrons. The second-order valence-corrected chi connectivity index (χ2v) is 5.40. The molecular weight excluding hydrogens is 295 g/mol. The molecule has 5 heteroatoms. The van der Waals surface area contributed by atoms with Gasteiger partial charge in [-0.05, 0) is 31.0 Å². The predicted molar refractivity (Wildman–Crippen MR) is 87.6 cm³/mol. The van der Waals surface area contributed by atoms with Crippen LogP contribution in [0, 0.1) is 5.82 Å². The van der Waals surface area contributed by atoms with Crippen LogP contribution in [0.3, 0.4) is 0 Å². The second kappa shape index (κ2) is 8.29. The van der Waals surface area contributed by atoms with E-state index in [0.717, 1.165) is 5.56 Å². The summed E-state index contributed by atoms with van der Waals surface area (Å²) in [6.45, 7) is 2.02. The van der Waals surface area contributed by atoms with E-state index in [0.29, 0.717) is 6.42 Å². The number of hydrogen-bond donors (Lipinski definition) is 2. The van der Waals surface area contributed by atoms with Crippen LogP contribution in [0.2, 0.25) is 0 Å². The van der Waals surface area contributed by atoms with Crippen LogP contribution in [-0.4, -0.2) is 24.6 Å². The van der Waals surface area contributed by atoms with E-state index in [-0.39, 0.29) is 24.3 Å². The van der Waals surface area contributed by atoms with Crippen LogP contribution >= 0.6 is 0 Å². The highest BCUT2D eigenvalue weighted by Crippen LogP contribution is 2.16. The topological polar surface area (TPSA) is 64.4 Å².